The Hall–Kier alpha value is -1.30. The first-order chi connectivity index (χ1) is 10.1. The summed E-state index contributed by atoms with van der Waals surface area (Å²) >= 11 is 0. The smallest absolute Gasteiger partial charge is 0.332 e. The number of nitrogens with one attached hydrogen (secondary N) is 1. The van der Waals surface area contributed by atoms with E-state index < -0.39 is 11.5 Å². The number of carbonyl (C=O) groups is 2. The van der Waals surface area contributed by atoms with Crippen LogP contribution in [0.1, 0.15) is 44.9 Å². The van der Waals surface area contributed by atoms with Gasteiger partial charge in [0.25, 0.3) is 0 Å². The lowest BCUT2D eigenvalue weighted by atomic mass is 9.77. The van der Waals surface area contributed by atoms with Crippen molar-refractivity contribution in [2.24, 2.45) is 5.41 Å². The van der Waals surface area contributed by atoms with Gasteiger partial charge in [0.15, 0.2) is 5.54 Å². The van der Waals surface area contributed by atoms with Crippen molar-refractivity contribution < 1.29 is 19.4 Å². The molecule has 3 rings (SSSR count). The van der Waals surface area contributed by atoms with Crippen LogP contribution in [-0.2, 0) is 9.53 Å². The Labute approximate surface area is 124 Å². The molecule has 2 heterocycles. The molecule has 2 aliphatic heterocycles. The fourth-order valence-corrected chi connectivity index (χ4v) is 3.98. The zero-order valence-corrected chi connectivity index (χ0v) is 12.4. The van der Waals surface area contributed by atoms with E-state index in [0.717, 1.165) is 25.9 Å². The van der Waals surface area contributed by atoms with E-state index in [1.165, 1.54) is 25.7 Å². The number of amides is 2. The van der Waals surface area contributed by atoms with Crippen LogP contribution in [0, 0.1) is 5.41 Å². The van der Waals surface area contributed by atoms with Gasteiger partial charge in [-0.15, -0.1) is 0 Å². The van der Waals surface area contributed by atoms with Gasteiger partial charge in [0, 0.05) is 26.1 Å². The summed E-state index contributed by atoms with van der Waals surface area (Å²) in [5, 5.41) is 12.1. The number of carbonyl (C=O) groups excluding carboxylic acids is 1. The normalized spacial score (nSPS) is 31.5. The third kappa shape index (κ3) is 2.73. The van der Waals surface area contributed by atoms with Crippen LogP contribution in [-0.4, -0.2) is 53.8 Å². The Morgan fingerprint density at radius 1 is 1.05 bits per heavy atom. The lowest BCUT2D eigenvalue weighted by Crippen LogP contribution is -2.59. The third-order valence-electron chi connectivity index (χ3n) is 5.55. The highest BCUT2D eigenvalue weighted by molar-refractivity contribution is 5.86. The first-order valence-electron chi connectivity index (χ1n) is 7.94. The van der Waals surface area contributed by atoms with Gasteiger partial charge in [-0.2, -0.15) is 0 Å². The molecule has 1 saturated carbocycles. The summed E-state index contributed by atoms with van der Waals surface area (Å²) in [5.41, 5.74) is -0.780. The van der Waals surface area contributed by atoms with Gasteiger partial charge in [-0.25, -0.2) is 9.59 Å². The van der Waals surface area contributed by atoms with E-state index in [-0.39, 0.29) is 12.6 Å². The molecule has 2 saturated heterocycles. The summed E-state index contributed by atoms with van der Waals surface area (Å²) in [7, 11) is 0. The van der Waals surface area contributed by atoms with Gasteiger partial charge >= 0.3 is 12.0 Å². The van der Waals surface area contributed by atoms with Crippen LogP contribution in [0.5, 0.6) is 0 Å². The molecule has 0 bridgehead atoms. The van der Waals surface area contributed by atoms with Crippen molar-refractivity contribution >= 4 is 12.0 Å². The molecular weight excluding hydrogens is 272 g/mol. The van der Waals surface area contributed by atoms with Crippen LogP contribution in [0.3, 0.4) is 0 Å². The molecule has 0 aromatic carbocycles. The van der Waals surface area contributed by atoms with E-state index in [0.29, 0.717) is 18.4 Å². The summed E-state index contributed by atoms with van der Waals surface area (Å²) in [4.78, 5) is 25.6. The summed E-state index contributed by atoms with van der Waals surface area (Å²) in [6.45, 7) is 1.92. The number of carboxylic acid groups (broad SMARTS) is 1. The zero-order chi connectivity index (χ0) is 14.9. The minimum Gasteiger partial charge on any atom is -0.479 e. The Morgan fingerprint density at radius 2 is 1.71 bits per heavy atom. The number of rotatable bonds is 2. The minimum atomic E-state index is -1.24. The molecule has 2 N–H and O–H groups in total. The van der Waals surface area contributed by atoms with Crippen LogP contribution in [0.25, 0.3) is 0 Å². The Bertz CT molecular complexity index is 415. The first kappa shape index (κ1) is 14.6. The van der Waals surface area contributed by atoms with Crippen molar-refractivity contribution in [1.29, 1.82) is 0 Å². The topological polar surface area (TPSA) is 78.9 Å². The predicted octanol–water partition coefficient (Wildman–Crippen LogP) is 1.60. The van der Waals surface area contributed by atoms with Gasteiger partial charge in [-0.1, -0.05) is 12.8 Å². The van der Waals surface area contributed by atoms with Crippen LogP contribution in [0.4, 0.5) is 4.79 Å². The molecule has 3 fully saturated rings. The lowest BCUT2D eigenvalue weighted by molar-refractivity contribution is -0.144. The molecule has 1 unspecified atom stereocenters. The maximum absolute atomic E-state index is 12.4. The molecule has 2 amide bonds. The molecule has 0 aromatic rings. The van der Waals surface area contributed by atoms with Crippen molar-refractivity contribution in [3.63, 3.8) is 0 Å². The largest absolute Gasteiger partial charge is 0.479 e. The standard InChI is InChI=1S/C15H24N2O4/c18-12(19)15(7-10-21-11-15)16-13(20)17-8-5-14(6-9-17)3-1-2-4-14/h1-11H2,(H,16,20)(H,18,19). The average molecular weight is 296 g/mol. The molecule has 118 valence electrons. The maximum atomic E-state index is 12.4. The van der Waals surface area contributed by atoms with Crippen molar-refractivity contribution in [3.05, 3.63) is 0 Å². The van der Waals surface area contributed by atoms with Gasteiger partial charge in [-0.3, -0.25) is 0 Å². The number of hydrogen-bond acceptors (Lipinski definition) is 3. The number of carboxylic acids is 1. The monoisotopic (exact) mass is 296 g/mol. The van der Waals surface area contributed by atoms with E-state index >= 15 is 0 Å². The van der Waals surface area contributed by atoms with Crippen LogP contribution in [0.15, 0.2) is 0 Å². The van der Waals surface area contributed by atoms with Crippen molar-refractivity contribution in [2.75, 3.05) is 26.3 Å². The molecule has 0 radical (unpaired) electrons. The number of likely N-dealkylation sites (tertiary alicyclic amines) is 1. The molecule has 21 heavy (non-hydrogen) atoms. The lowest BCUT2D eigenvalue weighted by Gasteiger charge is -2.40. The quantitative estimate of drug-likeness (QED) is 0.811. The van der Waals surface area contributed by atoms with E-state index in [4.69, 9.17) is 4.74 Å². The summed E-state index contributed by atoms with van der Waals surface area (Å²) in [6.07, 6.45) is 7.64. The molecule has 1 atom stereocenters. The van der Waals surface area contributed by atoms with Gasteiger partial charge in [0.05, 0.1) is 6.61 Å². The number of urea groups is 1. The van der Waals surface area contributed by atoms with E-state index in [1.807, 2.05) is 0 Å². The summed E-state index contributed by atoms with van der Waals surface area (Å²) < 4.78 is 5.17. The van der Waals surface area contributed by atoms with Crippen LogP contribution < -0.4 is 5.32 Å². The number of hydrogen-bond donors (Lipinski definition) is 2. The average Bonchev–Trinajstić information content (AvgIpc) is 3.10. The van der Waals surface area contributed by atoms with Crippen LogP contribution >= 0.6 is 0 Å². The number of ether oxygens (including phenoxy) is 1. The highest BCUT2D eigenvalue weighted by Gasteiger charge is 2.45. The highest BCUT2D eigenvalue weighted by Crippen LogP contribution is 2.46. The minimum absolute atomic E-state index is 0.0614. The predicted molar refractivity (Wildman–Crippen MR) is 76.0 cm³/mol. The van der Waals surface area contributed by atoms with Gasteiger partial charge in [0.1, 0.15) is 0 Å². The van der Waals surface area contributed by atoms with Gasteiger partial charge in [-0.05, 0) is 31.1 Å². The van der Waals surface area contributed by atoms with Gasteiger partial charge in [0.2, 0.25) is 0 Å². The molecule has 6 nitrogen and oxygen atoms in total. The maximum Gasteiger partial charge on any atom is 0.332 e. The molecular formula is C15H24N2O4. The SMILES string of the molecule is O=C(NC1(C(=O)O)CCOC1)N1CCC2(CCCC2)CC1. The Balaban J connectivity index is 1.58. The van der Waals surface area contributed by atoms with E-state index in [2.05, 4.69) is 5.32 Å². The fourth-order valence-electron chi connectivity index (χ4n) is 3.98. The number of piperidine rings is 1. The van der Waals surface area contributed by atoms with Crippen molar-refractivity contribution in [1.82, 2.24) is 10.2 Å². The first-order valence-corrected chi connectivity index (χ1v) is 7.94. The fraction of sp³-hybridized carbons (Fsp3) is 0.867. The molecule has 6 heteroatoms. The Kier molecular flexibility index (Phi) is 3.82. The van der Waals surface area contributed by atoms with Gasteiger partial charge < -0.3 is 20.1 Å². The number of nitrogens with zero attached hydrogens (tertiary/aromatic N) is 1. The van der Waals surface area contributed by atoms with E-state index in [9.17, 15) is 14.7 Å². The van der Waals surface area contributed by atoms with Crippen molar-refractivity contribution in [2.45, 2.75) is 50.5 Å². The molecule has 1 aliphatic carbocycles. The van der Waals surface area contributed by atoms with E-state index in [1.54, 1.807) is 4.90 Å². The van der Waals surface area contributed by atoms with Crippen molar-refractivity contribution in [3.8, 4) is 0 Å². The van der Waals surface area contributed by atoms with Crippen LogP contribution in [0.2, 0.25) is 0 Å². The zero-order valence-electron chi connectivity index (χ0n) is 12.4. The third-order valence-corrected chi connectivity index (χ3v) is 5.55. The summed E-state index contributed by atoms with van der Waals surface area (Å²) in [6, 6.07) is -0.254. The molecule has 1 spiro atoms. The second-order valence-electron chi connectivity index (χ2n) is 6.81. The highest BCUT2D eigenvalue weighted by atomic mass is 16.5. The molecule has 3 aliphatic rings. The Morgan fingerprint density at radius 3 is 2.24 bits per heavy atom. The second kappa shape index (κ2) is 5.48. The molecule has 0 aromatic heterocycles. The second-order valence-corrected chi connectivity index (χ2v) is 6.81. The summed E-state index contributed by atoms with van der Waals surface area (Å²) in [5.74, 6) is -1.00. The number of aliphatic carboxylic acids is 1.